The van der Waals surface area contributed by atoms with Gasteiger partial charge in [-0.15, -0.1) is 0 Å². The van der Waals surface area contributed by atoms with Gasteiger partial charge in [-0.3, -0.25) is 9.63 Å². The molecule has 0 saturated carbocycles. The summed E-state index contributed by atoms with van der Waals surface area (Å²) in [5.74, 6) is -0.480. The van der Waals surface area contributed by atoms with Gasteiger partial charge in [0, 0.05) is 0 Å². The Bertz CT molecular complexity index is 335. The Labute approximate surface area is 95.7 Å². The standard InChI is InChI=1S/C12H18N2O2/c1-3-11(14-16-8-12(13)15)10-6-4-9(2)5-7-10/h4-7,11,14H,3,8H2,1-2H3,(H2,13,15). The van der Waals surface area contributed by atoms with Crippen molar-refractivity contribution in [2.75, 3.05) is 6.61 Å². The van der Waals surface area contributed by atoms with Crippen LogP contribution >= 0.6 is 0 Å². The molecule has 16 heavy (non-hydrogen) atoms. The van der Waals surface area contributed by atoms with Gasteiger partial charge in [0.25, 0.3) is 0 Å². The van der Waals surface area contributed by atoms with Crippen LogP contribution in [-0.4, -0.2) is 12.5 Å². The van der Waals surface area contributed by atoms with Gasteiger partial charge in [-0.1, -0.05) is 36.8 Å². The zero-order valence-electron chi connectivity index (χ0n) is 9.69. The summed E-state index contributed by atoms with van der Waals surface area (Å²) in [6.07, 6.45) is 0.877. The first-order chi connectivity index (χ1) is 7.63. The van der Waals surface area contributed by atoms with E-state index in [1.807, 2.05) is 38.1 Å². The quantitative estimate of drug-likeness (QED) is 0.716. The Hall–Kier alpha value is -1.39. The van der Waals surface area contributed by atoms with E-state index in [2.05, 4.69) is 5.48 Å². The SMILES string of the molecule is CCC(NOCC(N)=O)c1ccc(C)cc1. The van der Waals surface area contributed by atoms with Crippen molar-refractivity contribution >= 4 is 5.91 Å². The van der Waals surface area contributed by atoms with Gasteiger partial charge in [0.05, 0.1) is 6.04 Å². The molecule has 88 valence electrons. The highest BCUT2D eigenvalue weighted by atomic mass is 16.6. The lowest BCUT2D eigenvalue weighted by molar-refractivity contribution is -0.126. The molecule has 1 aromatic carbocycles. The van der Waals surface area contributed by atoms with Gasteiger partial charge in [0.1, 0.15) is 6.61 Å². The molecule has 1 amide bonds. The van der Waals surface area contributed by atoms with Crippen molar-refractivity contribution in [3.05, 3.63) is 35.4 Å². The summed E-state index contributed by atoms with van der Waals surface area (Å²) in [5.41, 5.74) is 10.2. The molecule has 0 aliphatic carbocycles. The van der Waals surface area contributed by atoms with Crippen LogP contribution in [0.15, 0.2) is 24.3 Å². The molecule has 0 saturated heterocycles. The summed E-state index contributed by atoms with van der Waals surface area (Å²) >= 11 is 0. The molecule has 0 aliphatic heterocycles. The molecule has 0 aliphatic rings. The zero-order chi connectivity index (χ0) is 12.0. The Morgan fingerprint density at radius 1 is 1.44 bits per heavy atom. The lowest BCUT2D eigenvalue weighted by Gasteiger charge is -2.16. The molecule has 0 fully saturated rings. The van der Waals surface area contributed by atoms with Crippen molar-refractivity contribution in [2.24, 2.45) is 5.73 Å². The maximum absolute atomic E-state index is 10.5. The monoisotopic (exact) mass is 222 g/mol. The summed E-state index contributed by atoms with van der Waals surface area (Å²) < 4.78 is 0. The molecule has 0 bridgehead atoms. The molecule has 1 atom stereocenters. The topological polar surface area (TPSA) is 64.3 Å². The van der Waals surface area contributed by atoms with Crippen LogP contribution in [0.5, 0.6) is 0 Å². The lowest BCUT2D eigenvalue weighted by Crippen LogP contribution is -2.27. The normalized spacial score (nSPS) is 12.4. The van der Waals surface area contributed by atoms with Crippen molar-refractivity contribution in [1.82, 2.24) is 5.48 Å². The molecule has 1 aromatic rings. The number of carbonyl (C=O) groups excluding carboxylic acids is 1. The molecular weight excluding hydrogens is 204 g/mol. The van der Waals surface area contributed by atoms with E-state index in [1.165, 1.54) is 5.56 Å². The zero-order valence-corrected chi connectivity index (χ0v) is 9.69. The van der Waals surface area contributed by atoms with Crippen LogP contribution in [0, 0.1) is 6.92 Å². The number of primary amides is 1. The van der Waals surface area contributed by atoms with Crippen LogP contribution in [-0.2, 0) is 9.63 Å². The molecule has 4 heteroatoms. The molecule has 0 radical (unpaired) electrons. The second-order valence-corrected chi connectivity index (χ2v) is 3.74. The second kappa shape index (κ2) is 6.25. The lowest BCUT2D eigenvalue weighted by atomic mass is 10.0. The Balaban J connectivity index is 2.53. The summed E-state index contributed by atoms with van der Waals surface area (Å²) in [5, 5.41) is 0. The number of aryl methyl sites for hydroxylation is 1. The van der Waals surface area contributed by atoms with Crippen LogP contribution < -0.4 is 11.2 Å². The minimum atomic E-state index is -0.480. The number of hydrogen-bond donors (Lipinski definition) is 2. The van der Waals surface area contributed by atoms with Crippen molar-refractivity contribution in [2.45, 2.75) is 26.3 Å². The van der Waals surface area contributed by atoms with Gasteiger partial charge in [-0.25, -0.2) is 0 Å². The van der Waals surface area contributed by atoms with Crippen molar-refractivity contribution < 1.29 is 9.63 Å². The van der Waals surface area contributed by atoms with Crippen LogP contribution in [0.4, 0.5) is 0 Å². The number of nitrogens with two attached hydrogens (primary N) is 1. The predicted molar refractivity (Wildman–Crippen MR) is 62.5 cm³/mol. The third-order valence-electron chi connectivity index (χ3n) is 2.33. The summed E-state index contributed by atoms with van der Waals surface area (Å²) in [6.45, 7) is 3.98. The van der Waals surface area contributed by atoms with E-state index in [9.17, 15) is 4.79 Å². The van der Waals surface area contributed by atoms with E-state index in [0.717, 1.165) is 12.0 Å². The molecule has 1 unspecified atom stereocenters. The molecule has 4 nitrogen and oxygen atoms in total. The van der Waals surface area contributed by atoms with E-state index >= 15 is 0 Å². The first-order valence-electron chi connectivity index (χ1n) is 5.35. The summed E-state index contributed by atoms with van der Waals surface area (Å²) in [4.78, 5) is 15.5. The molecular formula is C12H18N2O2. The molecule has 1 rings (SSSR count). The van der Waals surface area contributed by atoms with Crippen molar-refractivity contribution in [1.29, 1.82) is 0 Å². The van der Waals surface area contributed by atoms with Crippen molar-refractivity contribution in [3.8, 4) is 0 Å². The maximum Gasteiger partial charge on any atom is 0.245 e. The Kier molecular flexibility index (Phi) is 4.95. The molecule has 0 aromatic heterocycles. The van der Waals surface area contributed by atoms with Gasteiger partial charge < -0.3 is 5.73 Å². The number of carbonyl (C=O) groups is 1. The van der Waals surface area contributed by atoms with Gasteiger partial charge in [-0.2, -0.15) is 5.48 Å². The predicted octanol–water partition coefficient (Wildman–Crippen LogP) is 1.45. The van der Waals surface area contributed by atoms with E-state index in [0.29, 0.717) is 0 Å². The number of benzene rings is 1. The summed E-state index contributed by atoms with van der Waals surface area (Å²) in [7, 11) is 0. The minimum Gasteiger partial charge on any atom is -0.368 e. The van der Waals surface area contributed by atoms with Crippen LogP contribution in [0.1, 0.15) is 30.5 Å². The van der Waals surface area contributed by atoms with Gasteiger partial charge in [-0.05, 0) is 18.9 Å². The summed E-state index contributed by atoms with van der Waals surface area (Å²) in [6, 6.07) is 8.27. The fraction of sp³-hybridized carbons (Fsp3) is 0.417. The van der Waals surface area contributed by atoms with Crippen molar-refractivity contribution in [3.63, 3.8) is 0 Å². The second-order valence-electron chi connectivity index (χ2n) is 3.74. The highest BCUT2D eigenvalue weighted by molar-refractivity contribution is 5.74. The molecule has 3 N–H and O–H groups in total. The van der Waals surface area contributed by atoms with Crippen LogP contribution in [0.2, 0.25) is 0 Å². The maximum atomic E-state index is 10.5. The van der Waals surface area contributed by atoms with E-state index in [-0.39, 0.29) is 12.6 Å². The van der Waals surface area contributed by atoms with Gasteiger partial charge in [0.15, 0.2) is 0 Å². The highest BCUT2D eigenvalue weighted by Gasteiger charge is 2.08. The van der Waals surface area contributed by atoms with E-state index < -0.39 is 5.91 Å². The number of nitrogens with one attached hydrogen (secondary N) is 1. The Morgan fingerprint density at radius 3 is 2.56 bits per heavy atom. The fourth-order valence-corrected chi connectivity index (χ4v) is 1.40. The van der Waals surface area contributed by atoms with Crippen LogP contribution in [0.25, 0.3) is 0 Å². The van der Waals surface area contributed by atoms with Crippen LogP contribution in [0.3, 0.4) is 0 Å². The smallest absolute Gasteiger partial charge is 0.245 e. The van der Waals surface area contributed by atoms with Gasteiger partial charge >= 0.3 is 0 Å². The van der Waals surface area contributed by atoms with E-state index in [4.69, 9.17) is 10.6 Å². The first kappa shape index (κ1) is 12.7. The Morgan fingerprint density at radius 2 is 2.06 bits per heavy atom. The molecule has 0 spiro atoms. The van der Waals surface area contributed by atoms with E-state index in [1.54, 1.807) is 0 Å². The third-order valence-corrected chi connectivity index (χ3v) is 2.33. The number of hydrogen-bond acceptors (Lipinski definition) is 3. The fourth-order valence-electron chi connectivity index (χ4n) is 1.40. The average Bonchev–Trinajstić information content (AvgIpc) is 2.26. The number of hydroxylamine groups is 1. The largest absolute Gasteiger partial charge is 0.368 e. The first-order valence-corrected chi connectivity index (χ1v) is 5.35. The third kappa shape index (κ3) is 4.00. The number of amides is 1. The number of rotatable bonds is 6. The molecule has 0 heterocycles. The average molecular weight is 222 g/mol. The van der Waals surface area contributed by atoms with Gasteiger partial charge in [0.2, 0.25) is 5.91 Å². The highest BCUT2D eigenvalue weighted by Crippen LogP contribution is 2.16. The minimum absolute atomic E-state index is 0.0833.